The Hall–Kier alpha value is -1.26. The molecule has 1 aliphatic rings. The van der Waals surface area contributed by atoms with Gasteiger partial charge in [-0.05, 0) is 12.8 Å². The van der Waals surface area contributed by atoms with E-state index in [2.05, 4.69) is 4.84 Å². The van der Waals surface area contributed by atoms with Gasteiger partial charge in [0.1, 0.15) is 0 Å². The summed E-state index contributed by atoms with van der Waals surface area (Å²) in [4.78, 5) is 25.6. The Bertz CT molecular complexity index is 181. The van der Waals surface area contributed by atoms with Gasteiger partial charge < -0.3 is 10.6 Å². The van der Waals surface area contributed by atoms with Gasteiger partial charge in [0.05, 0.1) is 6.54 Å². The molecule has 1 rings (SSSR count). The average Bonchev–Trinajstić information content (AvgIpc) is 1.93. The van der Waals surface area contributed by atoms with Crippen LogP contribution in [0.4, 0.5) is 4.79 Å². The number of piperidine rings is 1. The lowest BCUT2D eigenvalue weighted by Gasteiger charge is -2.23. The summed E-state index contributed by atoms with van der Waals surface area (Å²) in [6, 6.07) is 0. The molecule has 0 bridgehead atoms. The lowest BCUT2D eigenvalue weighted by Crippen LogP contribution is -2.38. The fourth-order valence-corrected chi connectivity index (χ4v) is 0.986. The van der Waals surface area contributed by atoms with E-state index in [0.29, 0.717) is 13.0 Å². The number of hydrogen-bond acceptors (Lipinski definition) is 3. The van der Waals surface area contributed by atoms with Gasteiger partial charge in [-0.1, -0.05) is 0 Å². The fraction of sp³-hybridized carbons (Fsp3) is 0.667. The van der Waals surface area contributed by atoms with Crippen molar-refractivity contribution in [1.29, 1.82) is 0 Å². The van der Waals surface area contributed by atoms with Crippen molar-refractivity contribution in [2.75, 3.05) is 6.54 Å². The number of hydrogen-bond donors (Lipinski definition) is 1. The summed E-state index contributed by atoms with van der Waals surface area (Å²) >= 11 is 0. The van der Waals surface area contributed by atoms with Crippen LogP contribution in [-0.4, -0.2) is 23.6 Å². The highest BCUT2D eigenvalue weighted by molar-refractivity contribution is 5.77. The largest absolute Gasteiger partial charge is 0.429 e. The number of rotatable bonds is 1. The Labute approximate surface area is 64.0 Å². The van der Waals surface area contributed by atoms with Gasteiger partial charge in [0, 0.05) is 6.42 Å². The number of hydroxylamine groups is 2. The summed E-state index contributed by atoms with van der Waals surface area (Å²) in [5.74, 6) is -0.171. The van der Waals surface area contributed by atoms with Crippen molar-refractivity contribution in [3.63, 3.8) is 0 Å². The normalized spacial score (nSPS) is 18.2. The Balaban J connectivity index is 2.42. The zero-order valence-electron chi connectivity index (χ0n) is 6.08. The smallest absolute Gasteiger partial charge is 0.333 e. The topological polar surface area (TPSA) is 72.6 Å². The van der Waals surface area contributed by atoms with E-state index >= 15 is 0 Å². The summed E-state index contributed by atoms with van der Waals surface area (Å²) < 4.78 is 0. The molecule has 0 radical (unpaired) electrons. The monoisotopic (exact) mass is 158 g/mol. The molecule has 5 nitrogen and oxygen atoms in total. The van der Waals surface area contributed by atoms with Gasteiger partial charge in [-0.2, -0.15) is 5.06 Å². The number of primary amides is 1. The molecule has 1 fully saturated rings. The lowest BCUT2D eigenvalue weighted by atomic mass is 10.2. The molecule has 2 amide bonds. The van der Waals surface area contributed by atoms with Crippen LogP contribution >= 0.6 is 0 Å². The van der Waals surface area contributed by atoms with E-state index in [1.165, 1.54) is 0 Å². The minimum atomic E-state index is -0.930. The SMILES string of the molecule is NC(=O)ON1CCCCC1=O. The summed E-state index contributed by atoms with van der Waals surface area (Å²) in [6.45, 7) is 0.460. The second-order valence-electron chi connectivity index (χ2n) is 2.36. The Morgan fingerprint density at radius 1 is 1.55 bits per heavy atom. The van der Waals surface area contributed by atoms with Crippen LogP contribution in [0.1, 0.15) is 19.3 Å². The van der Waals surface area contributed by atoms with Crippen LogP contribution in [0.25, 0.3) is 0 Å². The van der Waals surface area contributed by atoms with Gasteiger partial charge in [0.2, 0.25) is 0 Å². The summed E-state index contributed by atoms with van der Waals surface area (Å²) in [6.07, 6.45) is 1.23. The fourth-order valence-electron chi connectivity index (χ4n) is 0.986. The maximum atomic E-state index is 10.9. The number of amides is 2. The minimum Gasteiger partial charge on any atom is -0.333 e. The van der Waals surface area contributed by atoms with Gasteiger partial charge in [-0.3, -0.25) is 4.79 Å². The number of carbonyl (C=O) groups is 2. The standard InChI is InChI=1S/C6H10N2O3/c7-6(10)11-8-4-2-1-3-5(8)9/h1-4H2,(H2,7,10). The highest BCUT2D eigenvalue weighted by Crippen LogP contribution is 2.10. The molecular weight excluding hydrogens is 148 g/mol. The van der Waals surface area contributed by atoms with Crippen molar-refractivity contribution in [3.05, 3.63) is 0 Å². The minimum absolute atomic E-state index is 0.171. The van der Waals surface area contributed by atoms with Crippen molar-refractivity contribution >= 4 is 12.0 Å². The molecule has 1 aliphatic heterocycles. The lowest BCUT2D eigenvalue weighted by molar-refractivity contribution is -0.169. The molecule has 2 N–H and O–H groups in total. The first-order valence-electron chi connectivity index (χ1n) is 3.48. The van der Waals surface area contributed by atoms with Crippen LogP contribution < -0.4 is 5.73 Å². The molecule has 0 unspecified atom stereocenters. The van der Waals surface area contributed by atoms with Crippen molar-refractivity contribution < 1.29 is 14.4 Å². The Morgan fingerprint density at radius 2 is 2.27 bits per heavy atom. The third-order valence-electron chi connectivity index (χ3n) is 1.48. The van der Waals surface area contributed by atoms with E-state index < -0.39 is 6.09 Å². The molecule has 0 aliphatic carbocycles. The third kappa shape index (κ3) is 2.10. The zero-order valence-corrected chi connectivity index (χ0v) is 6.08. The first-order chi connectivity index (χ1) is 5.20. The molecule has 0 aromatic heterocycles. The molecule has 5 heteroatoms. The van der Waals surface area contributed by atoms with Gasteiger partial charge in [0.25, 0.3) is 5.91 Å². The first kappa shape index (κ1) is 7.84. The van der Waals surface area contributed by atoms with Crippen molar-refractivity contribution in [3.8, 4) is 0 Å². The van der Waals surface area contributed by atoms with Gasteiger partial charge in [-0.15, -0.1) is 0 Å². The van der Waals surface area contributed by atoms with Crippen molar-refractivity contribution in [2.45, 2.75) is 19.3 Å². The first-order valence-corrected chi connectivity index (χ1v) is 3.48. The zero-order chi connectivity index (χ0) is 8.27. The molecule has 0 atom stereocenters. The maximum absolute atomic E-state index is 10.9. The molecule has 0 spiro atoms. The number of carbonyl (C=O) groups excluding carboxylic acids is 2. The molecule has 62 valence electrons. The van der Waals surface area contributed by atoms with E-state index in [1.54, 1.807) is 0 Å². The van der Waals surface area contributed by atoms with E-state index in [1.807, 2.05) is 0 Å². The summed E-state index contributed by atoms with van der Waals surface area (Å²) in [7, 11) is 0. The second kappa shape index (κ2) is 3.23. The van der Waals surface area contributed by atoms with Crippen LogP contribution in [-0.2, 0) is 9.63 Å². The second-order valence-corrected chi connectivity index (χ2v) is 2.36. The highest BCUT2D eigenvalue weighted by atomic mass is 16.7. The van der Waals surface area contributed by atoms with Crippen LogP contribution in [0.3, 0.4) is 0 Å². The molecule has 1 saturated heterocycles. The third-order valence-corrected chi connectivity index (χ3v) is 1.48. The number of nitrogens with zero attached hydrogens (tertiary/aromatic N) is 1. The molecule has 0 aromatic rings. The van der Waals surface area contributed by atoms with Gasteiger partial charge >= 0.3 is 6.09 Å². The molecule has 11 heavy (non-hydrogen) atoms. The molecule has 0 aromatic carbocycles. The van der Waals surface area contributed by atoms with Gasteiger partial charge in [-0.25, -0.2) is 4.79 Å². The Kier molecular flexibility index (Phi) is 2.30. The van der Waals surface area contributed by atoms with Crippen molar-refractivity contribution in [2.24, 2.45) is 5.73 Å². The predicted molar refractivity (Wildman–Crippen MR) is 36.2 cm³/mol. The van der Waals surface area contributed by atoms with Gasteiger partial charge in [0.15, 0.2) is 0 Å². The maximum Gasteiger partial charge on any atom is 0.429 e. The quantitative estimate of drug-likeness (QED) is 0.584. The Morgan fingerprint density at radius 3 is 2.82 bits per heavy atom. The van der Waals surface area contributed by atoms with Crippen molar-refractivity contribution in [1.82, 2.24) is 5.06 Å². The highest BCUT2D eigenvalue weighted by Gasteiger charge is 2.20. The van der Waals surface area contributed by atoms with Crippen LogP contribution in [0.5, 0.6) is 0 Å². The van der Waals surface area contributed by atoms with E-state index in [4.69, 9.17) is 5.73 Å². The van der Waals surface area contributed by atoms with E-state index in [9.17, 15) is 9.59 Å². The summed E-state index contributed by atoms with van der Waals surface area (Å²) in [5, 5.41) is 1.02. The molecule has 0 saturated carbocycles. The van der Waals surface area contributed by atoms with E-state index in [-0.39, 0.29) is 5.91 Å². The van der Waals surface area contributed by atoms with Crippen LogP contribution in [0.2, 0.25) is 0 Å². The van der Waals surface area contributed by atoms with E-state index in [0.717, 1.165) is 17.9 Å². The van der Waals surface area contributed by atoms with Crippen LogP contribution in [0.15, 0.2) is 0 Å². The number of nitrogens with two attached hydrogens (primary N) is 1. The molecular formula is C6H10N2O3. The average molecular weight is 158 g/mol. The molecule has 1 heterocycles. The summed E-state index contributed by atoms with van der Waals surface area (Å²) in [5.41, 5.74) is 4.73. The van der Waals surface area contributed by atoms with Crippen LogP contribution in [0, 0.1) is 0 Å². The predicted octanol–water partition coefficient (Wildman–Crippen LogP) is 0.00920.